The topological polar surface area (TPSA) is 149 Å². The minimum atomic E-state index is -4.63. The van der Waals surface area contributed by atoms with E-state index in [0.717, 1.165) is 38.5 Å². The first-order chi connectivity index (χ1) is 30.7. The molecule has 0 aliphatic heterocycles. The second kappa shape index (κ2) is 48.1. The van der Waals surface area contributed by atoms with Gasteiger partial charge in [0.1, 0.15) is 12.7 Å². The van der Waals surface area contributed by atoms with Gasteiger partial charge in [0, 0.05) is 12.8 Å². The molecule has 3 N–H and O–H groups in total. The van der Waals surface area contributed by atoms with Crippen LogP contribution >= 0.6 is 7.82 Å². The van der Waals surface area contributed by atoms with Crippen LogP contribution in [-0.4, -0.2) is 65.7 Å². The number of carbonyl (C=O) groups excluding carboxylic acids is 2. The van der Waals surface area contributed by atoms with Crippen molar-refractivity contribution >= 4 is 19.8 Å². The van der Waals surface area contributed by atoms with Crippen LogP contribution in [0.5, 0.6) is 0 Å². The van der Waals surface area contributed by atoms with E-state index < -0.39 is 51.8 Å². The van der Waals surface area contributed by atoms with Gasteiger partial charge in [-0.3, -0.25) is 18.6 Å². The quantitative estimate of drug-likeness (QED) is 0.0233. The second-order valence-electron chi connectivity index (χ2n) is 17.5. The zero-order chi connectivity index (χ0) is 46.2. The number of phosphoric ester groups is 1. The number of hydrogen-bond acceptors (Lipinski definition) is 9. The summed E-state index contributed by atoms with van der Waals surface area (Å²) in [6, 6.07) is 0. The molecule has 0 aliphatic rings. The van der Waals surface area contributed by atoms with Gasteiger partial charge in [-0.15, -0.1) is 0 Å². The molecule has 0 aromatic carbocycles. The van der Waals surface area contributed by atoms with Crippen LogP contribution in [-0.2, 0) is 32.7 Å². The van der Waals surface area contributed by atoms with Crippen LogP contribution in [0.4, 0.5) is 0 Å². The van der Waals surface area contributed by atoms with Crippen molar-refractivity contribution in [1.29, 1.82) is 0 Å². The lowest BCUT2D eigenvalue weighted by molar-refractivity contribution is -0.161. The van der Waals surface area contributed by atoms with E-state index in [1.165, 1.54) is 161 Å². The number of esters is 2. The van der Waals surface area contributed by atoms with Gasteiger partial charge >= 0.3 is 19.8 Å². The fraction of sp³-hybridized carbons (Fsp3) is 0.846. The molecular weight excluding hydrogens is 816 g/mol. The predicted molar refractivity (Wildman–Crippen MR) is 261 cm³/mol. The van der Waals surface area contributed by atoms with Crippen molar-refractivity contribution in [3.63, 3.8) is 0 Å². The largest absolute Gasteiger partial charge is 0.472 e. The summed E-state index contributed by atoms with van der Waals surface area (Å²) in [4.78, 5) is 35.1. The van der Waals surface area contributed by atoms with E-state index in [2.05, 4.69) is 50.3 Å². The maximum Gasteiger partial charge on any atom is 0.472 e. The molecule has 0 rings (SSSR count). The van der Waals surface area contributed by atoms with E-state index in [1.807, 2.05) is 0 Å². The Morgan fingerprint density at radius 2 is 0.810 bits per heavy atom. The Labute approximate surface area is 386 Å². The van der Waals surface area contributed by atoms with Gasteiger partial charge in [0.2, 0.25) is 0 Å². The van der Waals surface area contributed by atoms with Gasteiger partial charge in [0.15, 0.2) is 6.10 Å². The molecule has 11 heteroatoms. The van der Waals surface area contributed by atoms with Crippen LogP contribution in [0.1, 0.15) is 245 Å². The van der Waals surface area contributed by atoms with Gasteiger partial charge < -0.3 is 24.6 Å². The van der Waals surface area contributed by atoms with Crippen molar-refractivity contribution in [2.24, 2.45) is 0 Å². The average molecular weight is 913 g/mol. The summed E-state index contributed by atoms with van der Waals surface area (Å²) in [5.74, 6) is -0.968. The first kappa shape index (κ1) is 61.2. The van der Waals surface area contributed by atoms with Crippen LogP contribution < -0.4 is 0 Å². The number of ether oxygens (including phenoxy) is 2. The Bertz CT molecular complexity index is 1140. The van der Waals surface area contributed by atoms with E-state index in [9.17, 15) is 24.2 Å². The summed E-state index contributed by atoms with van der Waals surface area (Å²) in [5.41, 5.74) is 0. The Balaban J connectivity index is 4.21. The molecule has 0 heterocycles. The molecule has 0 fully saturated rings. The Morgan fingerprint density at radius 3 is 1.25 bits per heavy atom. The third-order valence-electron chi connectivity index (χ3n) is 11.2. The molecule has 63 heavy (non-hydrogen) atoms. The van der Waals surface area contributed by atoms with Crippen molar-refractivity contribution in [3.8, 4) is 0 Å². The van der Waals surface area contributed by atoms with Crippen molar-refractivity contribution in [2.75, 3.05) is 26.4 Å². The number of rotatable bonds is 49. The van der Waals surface area contributed by atoms with Gasteiger partial charge in [-0.1, -0.05) is 198 Å². The molecular formula is C52H97O10P. The normalized spacial score (nSPS) is 13.9. The number of aliphatic hydroxyl groups is 2. The lowest BCUT2D eigenvalue weighted by Crippen LogP contribution is -2.29. The molecule has 0 radical (unpaired) electrons. The van der Waals surface area contributed by atoms with Crippen LogP contribution in [0.2, 0.25) is 0 Å². The smallest absolute Gasteiger partial charge is 0.462 e. The summed E-state index contributed by atoms with van der Waals surface area (Å²) < 4.78 is 32.8. The fourth-order valence-electron chi connectivity index (χ4n) is 7.25. The molecule has 0 spiro atoms. The van der Waals surface area contributed by atoms with Gasteiger partial charge in [-0.2, -0.15) is 0 Å². The van der Waals surface area contributed by atoms with E-state index in [1.54, 1.807) is 0 Å². The third-order valence-corrected chi connectivity index (χ3v) is 12.2. The van der Waals surface area contributed by atoms with Crippen molar-refractivity contribution in [3.05, 3.63) is 36.5 Å². The zero-order valence-corrected chi connectivity index (χ0v) is 41.4. The predicted octanol–water partition coefficient (Wildman–Crippen LogP) is 14.7. The number of aliphatic hydroxyl groups excluding tert-OH is 2. The van der Waals surface area contributed by atoms with Crippen LogP contribution in [0.3, 0.4) is 0 Å². The van der Waals surface area contributed by atoms with E-state index >= 15 is 0 Å². The molecule has 370 valence electrons. The maximum absolute atomic E-state index is 12.7. The molecule has 0 amide bonds. The molecule has 3 atom stereocenters. The van der Waals surface area contributed by atoms with Crippen molar-refractivity contribution < 1.29 is 47.8 Å². The van der Waals surface area contributed by atoms with E-state index in [-0.39, 0.29) is 19.4 Å². The molecule has 0 aromatic heterocycles. The van der Waals surface area contributed by atoms with Crippen LogP contribution in [0, 0.1) is 0 Å². The van der Waals surface area contributed by atoms with Gasteiger partial charge in [-0.05, 0) is 70.6 Å². The highest BCUT2D eigenvalue weighted by molar-refractivity contribution is 7.47. The number of phosphoric acid groups is 1. The highest BCUT2D eigenvalue weighted by atomic mass is 31.2. The zero-order valence-electron chi connectivity index (χ0n) is 40.5. The average Bonchev–Trinajstić information content (AvgIpc) is 3.27. The third kappa shape index (κ3) is 48.0. The lowest BCUT2D eigenvalue weighted by Gasteiger charge is -2.20. The fourth-order valence-corrected chi connectivity index (χ4v) is 8.03. The van der Waals surface area contributed by atoms with Gasteiger partial charge in [-0.25, -0.2) is 4.57 Å². The first-order valence-corrected chi connectivity index (χ1v) is 27.4. The minimum absolute atomic E-state index is 0.125. The van der Waals surface area contributed by atoms with Crippen molar-refractivity contribution in [2.45, 2.75) is 257 Å². The molecule has 0 saturated heterocycles. The minimum Gasteiger partial charge on any atom is -0.462 e. The second-order valence-corrected chi connectivity index (χ2v) is 19.0. The molecule has 0 aromatic rings. The first-order valence-electron chi connectivity index (χ1n) is 25.9. The standard InChI is InChI=1S/C52H97O10P/c1-3-5-7-9-11-13-15-17-19-21-22-23-24-25-26-28-30-32-34-36-38-40-42-44-52(56)62-50(48-61-63(57,58)60-46-49(54)45-53)47-59-51(55)43-41-39-37-35-33-31-29-27-20-18-16-14-12-10-8-6-4-2/h14,16,28,30,36,38,49-50,53-54H,3-13,15,17-27,29,31-35,37,39-48H2,1-2H3,(H,57,58)/b16-14+,30-28+,38-36+/t49-,50+/m0/s1. The Kier molecular flexibility index (Phi) is 46.7. The van der Waals surface area contributed by atoms with E-state index in [4.69, 9.17) is 23.6 Å². The number of unbranched alkanes of at least 4 members (excludes halogenated alkanes) is 29. The number of carbonyl (C=O) groups is 2. The van der Waals surface area contributed by atoms with Crippen LogP contribution in [0.25, 0.3) is 0 Å². The Morgan fingerprint density at radius 1 is 0.460 bits per heavy atom. The summed E-state index contributed by atoms with van der Waals surface area (Å²) in [7, 11) is -4.63. The monoisotopic (exact) mass is 913 g/mol. The number of hydrogen-bond donors (Lipinski definition) is 3. The summed E-state index contributed by atoms with van der Waals surface area (Å²) in [6.07, 6.45) is 52.7. The van der Waals surface area contributed by atoms with Crippen LogP contribution in [0.15, 0.2) is 36.5 Å². The lowest BCUT2D eigenvalue weighted by atomic mass is 10.0. The summed E-state index contributed by atoms with van der Waals surface area (Å²) >= 11 is 0. The highest BCUT2D eigenvalue weighted by Crippen LogP contribution is 2.43. The van der Waals surface area contributed by atoms with Gasteiger partial charge in [0.05, 0.1) is 19.8 Å². The molecule has 0 saturated carbocycles. The maximum atomic E-state index is 12.7. The van der Waals surface area contributed by atoms with Crippen molar-refractivity contribution in [1.82, 2.24) is 0 Å². The molecule has 0 aliphatic carbocycles. The van der Waals surface area contributed by atoms with Gasteiger partial charge in [0.25, 0.3) is 0 Å². The summed E-state index contributed by atoms with van der Waals surface area (Å²) in [5, 5.41) is 18.4. The molecule has 1 unspecified atom stereocenters. The molecule has 0 bridgehead atoms. The Hall–Kier alpha value is -1.81. The number of allylic oxidation sites excluding steroid dienone is 6. The van der Waals surface area contributed by atoms with E-state index in [0.29, 0.717) is 19.3 Å². The molecule has 10 nitrogen and oxygen atoms in total. The highest BCUT2D eigenvalue weighted by Gasteiger charge is 2.27. The summed E-state index contributed by atoms with van der Waals surface area (Å²) in [6.45, 7) is 2.37. The SMILES string of the molecule is CCCCCC/C=C/CCCCCCCCCCCC(=O)OC[C@H](COP(=O)(O)OC[C@@H](O)CO)OC(=O)CCC/C=C/CC/C=C/CCCCCCCCCCCCCCCC.